The number of ketones is 1. The molecule has 0 radical (unpaired) electrons. The molecule has 1 saturated heterocycles. The monoisotopic (exact) mass is 253 g/mol. The lowest BCUT2D eigenvalue weighted by atomic mass is 10.1. The first-order valence-electron chi connectivity index (χ1n) is 5.52. The Bertz CT molecular complexity index is 469. The predicted octanol–water partition coefficient (Wildman–Crippen LogP) is 0.966. The van der Waals surface area contributed by atoms with Crippen LogP contribution in [0.4, 0.5) is 5.00 Å². The van der Waals surface area contributed by atoms with Crippen molar-refractivity contribution in [3.8, 4) is 0 Å². The fraction of sp³-hybridized carbons (Fsp3) is 0.545. The Hall–Kier alpha value is -1.27. The molecule has 2 N–H and O–H groups in total. The van der Waals surface area contributed by atoms with E-state index in [-0.39, 0.29) is 17.6 Å². The maximum Gasteiger partial charge on any atom is 0.228 e. The molecule has 1 aliphatic heterocycles. The van der Waals surface area contributed by atoms with Crippen LogP contribution < -0.4 is 10.6 Å². The third-order valence-corrected chi connectivity index (χ3v) is 3.94. The minimum absolute atomic E-state index is 0.0339. The summed E-state index contributed by atoms with van der Waals surface area (Å²) in [4.78, 5) is 25.1. The largest absolute Gasteiger partial charge is 0.330 e. The van der Waals surface area contributed by atoms with Crippen molar-refractivity contribution >= 4 is 28.2 Å². The molecule has 0 spiro atoms. The molecule has 1 aliphatic rings. The van der Waals surface area contributed by atoms with Crippen LogP contribution in [0.15, 0.2) is 0 Å². The molecule has 0 aliphatic carbocycles. The van der Waals surface area contributed by atoms with E-state index in [0.29, 0.717) is 35.8 Å². The number of aromatic nitrogens is 1. The third kappa shape index (κ3) is 2.10. The van der Waals surface area contributed by atoms with Crippen molar-refractivity contribution < 1.29 is 9.59 Å². The number of carbonyl (C=O) groups excluding carboxylic acids is 2. The minimum atomic E-state index is -0.0461. The standard InChI is InChI=1S/C11H15N3O2S/c1-6-10(7(2)15)11(17-13-6)14-5-8(4-12)3-9(14)16/h8H,3-5,12H2,1-2H3. The zero-order valence-electron chi connectivity index (χ0n) is 9.90. The van der Waals surface area contributed by atoms with Gasteiger partial charge in [-0.05, 0) is 37.8 Å². The first kappa shape index (κ1) is 12.2. The van der Waals surface area contributed by atoms with Crippen molar-refractivity contribution in [1.29, 1.82) is 0 Å². The Balaban J connectivity index is 2.35. The molecule has 92 valence electrons. The highest BCUT2D eigenvalue weighted by molar-refractivity contribution is 7.11. The molecule has 0 aromatic carbocycles. The Labute approximate surface area is 104 Å². The summed E-state index contributed by atoms with van der Waals surface area (Å²) in [5.41, 5.74) is 6.85. The van der Waals surface area contributed by atoms with Crippen molar-refractivity contribution in [2.24, 2.45) is 11.7 Å². The van der Waals surface area contributed by atoms with E-state index in [1.807, 2.05) is 0 Å². The summed E-state index contributed by atoms with van der Waals surface area (Å²) in [6.45, 7) is 4.38. The maximum absolute atomic E-state index is 11.9. The summed E-state index contributed by atoms with van der Waals surface area (Å²) in [5, 5.41) is 0.677. The van der Waals surface area contributed by atoms with Gasteiger partial charge in [0, 0.05) is 13.0 Å². The van der Waals surface area contributed by atoms with Crippen molar-refractivity contribution in [3.63, 3.8) is 0 Å². The SMILES string of the molecule is CC(=O)c1c(C)nsc1N1CC(CN)CC1=O. The number of Topliss-reactive ketones (excluding diaryl/α,β-unsaturated/α-hetero) is 1. The molecule has 1 aromatic rings. The van der Waals surface area contributed by atoms with Crippen LogP contribution in [0.5, 0.6) is 0 Å². The second-order valence-electron chi connectivity index (χ2n) is 4.31. The first-order valence-corrected chi connectivity index (χ1v) is 6.29. The van der Waals surface area contributed by atoms with Gasteiger partial charge in [0.2, 0.25) is 5.91 Å². The molecule has 5 nitrogen and oxygen atoms in total. The van der Waals surface area contributed by atoms with Gasteiger partial charge in [-0.2, -0.15) is 4.37 Å². The Kier molecular flexibility index (Phi) is 3.26. The van der Waals surface area contributed by atoms with Gasteiger partial charge in [0.25, 0.3) is 0 Å². The van der Waals surface area contributed by atoms with Gasteiger partial charge in [-0.25, -0.2) is 0 Å². The van der Waals surface area contributed by atoms with E-state index in [4.69, 9.17) is 5.73 Å². The average molecular weight is 253 g/mol. The van der Waals surface area contributed by atoms with Gasteiger partial charge in [0.1, 0.15) is 5.00 Å². The number of anilines is 1. The molecule has 2 rings (SSSR count). The molecule has 17 heavy (non-hydrogen) atoms. The number of hydrogen-bond acceptors (Lipinski definition) is 5. The van der Waals surface area contributed by atoms with Crippen molar-refractivity contribution in [1.82, 2.24) is 4.37 Å². The van der Waals surface area contributed by atoms with Crippen LogP contribution in [0.1, 0.15) is 29.4 Å². The Morgan fingerprint density at radius 2 is 2.35 bits per heavy atom. The summed E-state index contributed by atoms with van der Waals surface area (Å²) in [7, 11) is 0. The number of nitrogens with zero attached hydrogens (tertiary/aromatic N) is 2. The van der Waals surface area contributed by atoms with Crippen molar-refractivity contribution in [2.45, 2.75) is 20.3 Å². The smallest absolute Gasteiger partial charge is 0.228 e. The molecule has 1 unspecified atom stereocenters. The zero-order chi connectivity index (χ0) is 12.6. The van der Waals surface area contributed by atoms with Gasteiger partial charge in [-0.3, -0.25) is 9.59 Å². The summed E-state index contributed by atoms with van der Waals surface area (Å²) in [6, 6.07) is 0. The normalized spacial score (nSPS) is 20.1. The van der Waals surface area contributed by atoms with Gasteiger partial charge >= 0.3 is 0 Å². The van der Waals surface area contributed by atoms with E-state index in [9.17, 15) is 9.59 Å². The number of aryl methyl sites for hydroxylation is 1. The summed E-state index contributed by atoms with van der Waals surface area (Å²) in [5.74, 6) is 0.173. The zero-order valence-corrected chi connectivity index (χ0v) is 10.7. The van der Waals surface area contributed by atoms with E-state index >= 15 is 0 Å². The van der Waals surface area contributed by atoms with Crippen LogP contribution in [0, 0.1) is 12.8 Å². The predicted molar refractivity (Wildman–Crippen MR) is 66.4 cm³/mol. The van der Waals surface area contributed by atoms with Gasteiger partial charge in [-0.15, -0.1) is 0 Å². The van der Waals surface area contributed by atoms with Crippen LogP contribution in [-0.2, 0) is 4.79 Å². The molecule has 2 heterocycles. The quantitative estimate of drug-likeness (QED) is 0.814. The molecule has 6 heteroatoms. The Morgan fingerprint density at radius 1 is 1.65 bits per heavy atom. The fourth-order valence-corrected chi connectivity index (χ4v) is 3.06. The highest BCUT2D eigenvalue weighted by Gasteiger charge is 2.33. The highest BCUT2D eigenvalue weighted by atomic mass is 32.1. The van der Waals surface area contributed by atoms with E-state index in [1.165, 1.54) is 18.5 Å². The summed E-state index contributed by atoms with van der Waals surface area (Å²) < 4.78 is 4.16. The lowest BCUT2D eigenvalue weighted by molar-refractivity contribution is -0.117. The average Bonchev–Trinajstić information content (AvgIpc) is 2.81. The lowest BCUT2D eigenvalue weighted by Gasteiger charge is -2.15. The van der Waals surface area contributed by atoms with Crippen molar-refractivity contribution in [3.05, 3.63) is 11.3 Å². The third-order valence-electron chi connectivity index (χ3n) is 2.98. The van der Waals surface area contributed by atoms with Crippen LogP contribution in [-0.4, -0.2) is 29.2 Å². The van der Waals surface area contributed by atoms with Gasteiger partial charge in [0.05, 0.1) is 11.3 Å². The van der Waals surface area contributed by atoms with Crippen molar-refractivity contribution in [2.75, 3.05) is 18.0 Å². The second kappa shape index (κ2) is 4.54. The molecule has 1 atom stereocenters. The molecule has 1 fully saturated rings. The molecular formula is C11H15N3O2S. The number of carbonyl (C=O) groups is 2. The topological polar surface area (TPSA) is 76.3 Å². The summed E-state index contributed by atoms with van der Waals surface area (Å²) >= 11 is 1.21. The molecule has 1 amide bonds. The van der Waals surface area contributed by atoms with E-state index in [0.717, 1.165) is 0 Å². The number of hydrogen-bond donors (Lipinski definition) is 1. The van der Waals surface area contributed by atoms with Gasteiger partial charge < -0.3 is 10.6 Å². The van der Waals surface area contributed by atoms with E-state index in [2.05, 4.69) is 4.37 Å². The van der Waals surface area contributed by atoms with E-state index in [1.54, 1.807) is 11.8 Å². The van der Waals surface area contributed by atoms with E-state index < -0.39 is 0 Å². The maximum atomic E-state index is 11.9. The minimum Gasteiger partial charge on any atom is -0.330 e. The van der Waals surface area contributed by atoms with Crippen LogP contribution in [0.25, 0.3) is 0 Å². The van der Waals surface area contributed by atoms with Crippen LogP contribution in [0.2, 0.25) is 0 Å². The molecule has 0 bridgehead atoms. The first-order chi connectivity index (χ1) is 8.04. The highest BCUT2D eigenvalue weighted by Crippen LogP contribution is 2.33. The molecule has 1 aromatic heterocycles. The molecular weight excluding hydrogens is 238 g/mol. The van der Waals surface area contributed by atoms with Crippen LogP contribution >= 0.6 is 11.5 Å². The lowest BCUT2D eigenvalue weighted by Crippen LogP contribution is -2.26. The van der Waals surface area contributed by atoms with Gasteiger partial charge in [0.15, 0.2) is 5.78 Å². The van der Waals surface area contributed by atoms with Crippen LogP contribution in [0.3, 0.4) is 0 Å². The second-order valence-corrected chi connectivity index (χ2v) is 5.07. The fourth-order valence-electron chi connectivity index (χ4n) is 2.08. The number of nitrogens with two attached hydrogens (primary N) is 1. The molecule has 0 saturated carbocycles. The van der Waals surface area contributed by atoms with Gasteiger partial charge in [-0.1, -0.05) is 0 Å². The number of amides is 1. The summed E-state index contributed by atoms with van der Waals surface area (Å²) in [6.07, 6.45) is 0.463. The number of rotatable bonds is 3. The Morgan fingerprint density at radius 3 is 2.88 bits per heavy atom.